The summed E-state index contributed by atoms with van der Waals surface area (Å²) in [5.74, 6) is -9.36. The van der Waals surface area contributed by atoms with Crippen LogP contribution in [0.5, 0.6) is 5.75 Å². The third-order valence-electron chi connectivity index (χ3n) is 9.25. The highest BCUT2D eigenvalue weighted by atomic mass is 16.4. The summed E-state index contributed by atoms with van der Waals surface area (Å²) < 4.78 is 0. The molecular formula is C38H57N11O14. The lowest BCUT2D eigenvalue weighted by Gasteiger charge is -2.26. The van der Waals surface area contributed by atoms with Crippen molar-refractivity contribution in [3.05, 3.63) is 48.0 Å². The number of hydrogen-bond donors (Lipinski definition) is 15. The highest BCUT2D eigenvalue weighted by Crippen LogP contribution is 2.12. The number of carbonyl (C=O) groups is 9. The molecule has 1 aromatic heterocycles. The molecule has 16 N–H and O–H groups in total. The van der Waals surface area contributed by atoms with Crippen LogP contribution in [0.25, 0.3) is 0 Å². The molecule has 0 saturated carbocycles. The Morgan fingerprint density at radius 3 is 1.70 bits per heavy atom. The second-order valence-corrected chi connectivity index (χ2v) is 14.8. The number of amides is 8. The minimum Gasteiger partial charge on any atom is -0.508 e. The normalized spacial score (nSPS) is 15.3. The average molecular weight is 892 g/mol. The molecule has 8 amide bonds. The lowest BCUT2D eigenvalue weighted by atomic mass is 10.0. The van der Waals surface area contributed by atoms with E-state index in [1.165, 1.54) is 57.6 Å². The first-order chi connectivity index (χ1) is 29.6. The highest BCUT2D eigenvalue weighted by molar-refractivity contribution is 5.97. The summed E-state index contributed by atoms with van der Waals surface area (Å²) >= 11 is 0. The van der Waals surface area contributed by atoms with Crippen molar-refractivity contribution in [2.75, 3.05) is 19.8 Å². The van der Waals surface area contributed by atoms with Crippen LogP contribution in [0.1, 0.15) is 45.9 Å². The van der Waals surface area contributed by atoms with E-state index < -0.39 is 133 Å². The lowest BCUT2D eigenvalue weighted by Crippen LogP contribution is -2.59. The molecule has 2 rings (SSSR count). The van der Waals surface area contributed by atoms with Crippen LogP contribution in [-0.4, -0.2) is 163 Å². The first-order valence-corrected chi connectivity index (χ1v) is 19.6. The van der Waals surface area contributed by atoms with Gasteiger partial charge < -0.3 is 78.8 Å². The van der Waals surface area contributed by atoms with Gasteiger partial charge in [-0.25, -0.2) is 9.78 Å². The summed E-state index contributed by atoms with van der Waals surface area (Å²) in [5, 5.41) is 67.0. The van der Waals surface area contributed by atoms with Gasteiger partial charge in [0.15, 0.2) is 0 Å². The fourth-order valence-electron chi connectivity index (χ4n) is 5.43. The molecule has 9 atom stereocenters. The number of H-pyrrole nitrogens is 1. The number of rotatable bonds is 25. The van der Waals surface area contributed by atoms with Crippen LogP contribution in [0.2, 0.25) is 0 Å². The van der Waals surface area contributed by atoms with Crippen molar-refractivity contribution in [2.45, 2.75) is 102 Å². The summed E-state index contributed by atoms with van der Waals surface area (Å²) in [7, 11) is 0. The number of imidazole rings is 1. The molecule has 63 heavy (non-hydrogen) atoms. The van der Waals surface area contributed by atoms with Crippen molar-refractivity contribution in [3.8, 4) is 5.75 Å². The number of phenolic OH excluding ortho intramolecular Hbond substituents is 1. The maximum Gasteiger partial charge on any atom is 0.326 e. The molecule has 0 spiro atoms. The molecule has 348 valence electrons. The molecule has 2 aromatic rings. The number of carboxylic acids is 1. The number of aliphatic hydroxyl groups excluding tert-OH is 3. The second kappa shape index (κ2) is 25.3. The Morgan fingerprint density at radius 1 is 0.651 bits per heavy atom. The first kappa shape index (κ1) is 52.4. The van der Waals surface area contributed by atoms with Crippen molar-refractivity contribution >= 4 is 53.2 Å². The van der Waals surface area contributed by atoms with E-state index in [4.69, 9.17) is 5.73 Å². The molecule has 0 saturated heterocycles. The molecule has 0 bridgehead atoms. The summed E-state index contributed by atoms with van der Waals surface area (Å²) in [6.45, 7) is 4.36. The highest BCUT2D eigenvalue weighted by Gasteiger charge is 2.33. The Bertz CT molecular complexity index is 1900. The number of nitrogens with zero attached hydrogens (tertiary/aromatic N) is 1. The summed E-state index contributed by atoms with van der Waals surface area (Å²) in [4.78, 5) is 122. The predicted octanol–water partition coefficient (Wildman–Crippen LogP) is -6.12. The molecule has 0 aliphatic heterocycles. The van der Waals surface area contributed by atoms with E-state index in [0.29, 0.717) is 11.3 Å². The van der Waals surface area contributed by atoms with Crippen LogP contribution in [0.4, 0.5) is 0 Å². The SMILES string of the molecule is CC(C)[C@H](NC(=O)[C@@H](N)[C@@H](C)O)C(=O)N[C@@H](C)C(=O)N[C@@H](C)C(=O)N[C@@H](CO)C(=O)NCC(=O)N[C@@H](Cc1cnc[nH]1)C(=O)N[C@@H](CO)C(=O)N[C@@H](Cc1ccc(O)cc1)C(=O)O. The Labute approximate surface area is 361 Å². The van der Waals surface area contributed by atoms with Gasteiger partial charge in [0.2, 0.25) is 47.3 Å². The largest absolute Gasteiger partial charge is 0.508 e. The van der Waals surface area contributed by atoms with Gasteiger partial charge in [0.25, 0.3) is 0 Å². The number of aliphatic carboxylic acids is 1. The van der Waals surface area contributed by atoms with Crippen molar-refractivity contribution in [2.24, 2.45) is 11.7 Å². The van der Waals surface area contributed by atoms with Gasteiger partial charge >= 0.3 is 5.97 Å². The fraction of sp³-hybridized carbons (Fsp3) is 0.526. The molecule has 25 heteroatoms. The zero-order valence-corrected chi connectivity index (χ0v) is 35.2. The standard InChI is InChI=1S/C38H57N11O14/c1-17(2)30(49-36(60)29(39)20(5)52)37(61)44-18(3)31(55)43-19(4)32(56)47-26(14-50)33(57)41-13-28(54)45-24(11-22-12-40-16-42-22)34(58)48-27(15-51)35(59)46-25(38(62)63)10-21-6-8-23(53)9-7-21/h6-9,12,16-20,24-27,29-30,50-53H,10-11,13-15,39H2,1-5H3,(H,40,42)(H,41,57)(H,43,55)(H,44,61)(H,45,54)(H,46,59)(H,47,56)(H,48,58)(H,49,60)(H,62,63)/t18-,19-,20+,24-,25-,26-,27-,29-,30-/m0/s1. The molecule has 0 aliphatic carbocycles. The summed E-state index contributed by atoms with van der Waals surface area (Å²) in [5.41, 5.74) is 6.43. The average Bonchev–Trinajstić information content (AvgIpc) is 3.75. The van der Waals surface area contributed by atoms with Crippen LogP contribution in [0, 0.1) is 5.92 Å². The summed E-state index contributed by atoms with van der Waals surface area (Å²) in [6.07, 6.45) is 0.981. The van der Waals surface area contributed by atoms with E-state index in [1.807, 2.05) is 0 Å². The fourth-order valence-corrected chi connectivity index (χ4v) is 5.43. The number of aromatic nitrogens is 2. The Morgan fingerprint density at radius 2 is 1.17 bits per heavy atom. The van der Waals surface area contributed by atoms with E-state index in [9.17, 15) is 68.7 Å². The van der Waals surface area contributed by atoms with Gasteiger partial charge in [0.05, 0.1) is 32.2 Å². The number of nitrogens with one attached hydrogen (secondary N) is 9. The number of hydrogen-bond acceptors (Lipinski definition) is 15. The number of aromatic hydroxyl groups is 1. The van der Waals surface area contributed by atoms with Gasteiger partial charge in [0.1, 0.15) is 54.1 Å². The van der Waals surface area contributed by atoms with Gasteiger partial charge in [-0.3, -0.25) is 38.4 Å². The Balaban J connectivity index is 1.99. The summed E-state index contributed by atoms with van der Waals surface area (Å²) in [6, 6.07) is -5.74. The smallest absolute Gasteiger partial charge is 0.326 e. The molecule has 25 nitrogen and oxygen atoms in total. The maximum atomic E-state index is 13.4. The number of nitrogens with two attached hydrogens (primary N) is 1. The number of carboxylic acid groups (broad SMARTS) is 1. The van der Waals surface area contributed by atoms with Gasteiger partial charge in [0, 0.05) is 24.7 Å². The molecule has 0 aliphatic rings. The van der Waals surface area contributed by atoms with Gasteiger partial charge in [-0.1, -0.05) is 26.0 Å². The second-order valence-electron chi connectivity index (χ2n) is 14.8. The van der Waals surface area contributed by atoms with E-state index in [1.54, 1.807) is 13.8 Å². The third-order valence-corrected chi connectivity index (χ3v) is 9.25. The number of aromatic amines is 1. The quantitative estimate of drug-likeness (QED) is 0.0441. The predicted molar refractivity (Wildman–Crippen MR) is 218 cm³/mol. The minimum absolute atomic E-state index is 0.0632. The van der Waals surface area contributed by atoms with E-state index in [0.717, 1.165) is 0 Å². The third kappa shape index (κ3) is 17.3. The molecule has 0 unspecified atom stereocenters. The molecular weight excluding hydrogens is 834 g/mol. The van der Waals surface area contributed by atoms with Crippen molar-refractivity contribution in [3.63, 3.8) is 0 Å². The number of aliphatic hydroxyl groups is 3. The van der Waals surface area contributed by atoms with Crippen LogP contribution < -0.4 is 48.3 Å². The number of phenols is 1. The molecule has 0 radical (unpaired) electrons. The monoisotopic (exact) mass is 891 g/mol. The van der Waals surface area contributed by atoms with E-state index in [2.05, 4.69) is 52.5 Å². The van der Waals surface area contributed by atoms with Gasteiger partial charge in [-0.15, -0.1) is 0 Å². The molecule has 1 aromatic carbocycles. The van der Waals surface area contributed by atoms with Gasteiger partial charge in [-0.05, 0) is 44.4 Å². The van der Waals surface area contributed by atoms with Crippen molar-refractivity contribution in [1.29, 1.82) is 0 Å². The zero-order chi connectivity index (χ0) is 47.6. The van der Waals surface area contributed by atoms with Crippen molar-refractivity contribution in [1.82, 2.24) is 52.5 Å². The minimum atomic E-state index is -1.68. The molecule has 1 heterocycles. The number of carbonyl (C=O) groups excluding carboxylic acids is 8. The number of benzene rings is 1. The lowest BCUT2D eigenvalue weighted by molar-refractivity contribution is -0.142. The van der Waals surface area contributed by atoms with Gasteiger partial charge in [-0.2, -0.15) is 0 Å². The van der Waals surface area contributed by atoms with E-state index >= 15 is 0 Å². The van der Waals surface area contributed by atoms with Crippen molar-refractivity contribution < 1.29 is 68.7 Å². The maximum absolute atomic E-state index is 13.4. The van der Waals surface area contributed by atoms with Crippen LogP contribution in [0.3, 0.4) is 0 Å². The van der Waals surface area contributed by atoms with Crippen LogP contribution in [-0.2, 0) is 56.0 Å². The van der Waals surface area contributed by atoms with Crippen LogP contribution in [0.15, 0.2) is 36.8 Å². The first-order valence-electron chi connectivity index (χ1n) is 19.6. The topological polar surface area (TPSA) is 406 Å². The Kier molecular flexibility index (Phi) is 21.0. The molecule has 0 fully saturated rings. The van der Waals surface area contributed by atoms with Crippen LogP contribution >= 0.6 is 0 Å². The Hall–Kier alpha value is -6.70. The zero-order valence-electron chi connectivity index (χ0n) is 35.2. The van der Waals surface area contributed by atoms with E-state index in [-0.39, 0.29) is 18.6 Å².